The molecule has 10 heteroatoms. The lowest BCUT2D eigenvalue weighted by molar-refractivity contribution is -0.393. The van der Waals surface area contributed by atoms with Crippen molar-refractivity contribution in [3.8, 4) is 0 Å². The number of non-ortho nitro benzene ring substituents is 1. The number of hydrazone groups is 1. The predicted octanol–water partition coefficient (Wildman–Crippen LogP) is 4.48. The van der Waals surface area contributed by atoms with Crippen molar-refractivity contribution < 1.29 is 19.4 Å². The smallest absolute Gasteiger partial charge is 0.338 e. The maximum absolute atomic E-state index is 12.4. The highest BCUT2D eigenvalue weighted by molar-refractivity contribution is 6.03. The molecule has 0 aliphatic heterocycles. The third-order valence-electron chi connectivity index (χ3n) is 4.40. The molecule has 0 amide bonds. The molecule has 0 aliphatic carbocycles. The van der Waals surface area contributed by atoms with Gasteiger partial charge in [-0.1, -0.05) is 48.0 Å². The van der Waals surface area contributed by atoms with Gasteiger partial charge in [-0.3, -0.25) is 25.7 Å². The van der Waals surface area contributed by atoms with Gasteiger partial charge in [0.1, 0.15) is 18.0 Å². The molecule has 0 heterocycles. The fraction of sp³-hybridized carbons (Fsp3) is 0.0909. The largest absolute Gasteiger partial charge is 0.455 e. The number of carbonyl (C=O) groups excluding carboxylic acids is 1. The van der Waals surface area contributed by atoms with Crippen molar-refractivity contribution in [2.24, 2.45) is 5.10 Å². The molecule has 10 nitrogen and oxygen atoms in total. The van der Waals surface area contributed by atoms with Gasteiger partial charge in [-0.05, 0) is 25.1 Å². The maximum Gasteiger partial charge on any atom is 0.338 e. The topological polar surface area (TPSA) is 137 Å². The first-order valence-electron chi connectivity index (χ1n) is 9.40. The number of esters is 1. The van der Waals surface area contributed by atoms with E-state index >= 15 is 0 Å². The molecule has 3 aromatic carbocycles. The second kappa shape index (κ2) is 9.94. The first kappa shape index (κ1) is 22.1. The zero-order chi connectivity index (χ0) is 23.1. The average molecular weight is 434 g/mol. The average Bonchev–Trinajstić information content (AvgIpc) is 2.79. The van der Waals surface area contributed by atoms with Gasteiger partial charge in [0.25, 0.3) is 5.69 Å². The van der Waals surface area contributed by atoms with E-state index in [-0.39, 0.29) is 12.3 Å². The first-order valence-corrected chi connectivity index (χ1v) is 9.40. The molecule has 32 heavy (non-hydrogen) atoms. The minimum Gasteiger partial charge on any atom is -0.455 e. The van der Waals surface area contributed by atoms with Gasteiger partial charge in [-0.15, -0.1) is 0 Å². The van der Waals surface area contributed by atoms with Gasteiger partial charge in [0, 0.05) is 11.6 Å². The van der Waals surface area contributed by atoms with E-state index in [0.717, 1.165) is 17.7 Å². The van der Waals surface area contributed by atoms with Crippen molar-refractivity contribution >= 4 is 28.7 Å². The van der Waals surface area contributed by atoms with Crippen LogP contribution in [-0.2, 0) is 4.74 Å². The number of nitrogens with zero attached hydrogens (tertiary/aromatic N) is 3. The molecular weight excluding hydrogens is 416 g/mol. The lowest BCUT2D eigenvalue weighted by atomic mass is 10.1. The fourth-order valence-corrected chi connectivity index (χ4v) is 2.81. The normalized spacial score (nSPS) is 11.0. The summed E-state index contributed by atoms with van der Waals surface area (Å²) in [4.78, 5) is 33.2. The summed E-state index contributed by atoms with van der Waals surface area (Å²) < 4.78 is 5.38. The van der Waals surface area contributed by atoms with E-state index in [9.17, 15) is 25.0 Å². The lowest BCUT2D eigenvalue weighted by Crippen LogP contribution is -2.17. The zero-order valence-corrected chi connectivity index (χ0v) is 16.9. The quantitative estimate of drug-likeness (QED) is 0.239. The second-order valence-corrected chi connectivity index (χ2v) is 6.70. The number of ether oxygens (including phenoxy) is 1. The number of nitrogens with one attached hydrogen (secondary N) is 1. The standard InChI is InChI=1S/C22H18N4O6/c1-15-6-5-9-17(12-15)22(27)32-14-20(16-7-3-2-4-8-16)24-23-19-11-10-18(25(28)29)13-21(19)26(30)31/h2-13,23H,14H2,1H3/b24-20-. The van der Waals surface area contributed by atoms with E-state index in [2.05, 4.69) is 10.5 Å². The van der Waals surface area contributed by atoms with E-state index < -0.39 is 27.2 Å². The Bertz CT molecular complexity index is 1190. The van der Waals surface area contributed by atoms with Crippen LogP contribution in [0.5, 0.6) is 0 Å². The van der Waals surface area contributed by atoms with Crippen molar-refractivity contribution in [1.82, 2.24) is 0 Å². The van der Waals surface area contributed by atoms with Crippen molar-refractivity contribution in [3.63, 3.8) is 0 Å². The summed E-state index contributed by atoms with van der Waals surface area (Å²) in [5.74, 6) is -0.543. The molecule has 0 saturated carbocycles. The summed E-state index contributed by atoms with van der Waals surface area (Å²) in [6.45, 7) is 1.65. The second-order valence-electron chi connectivity index (χ2n) is 6.70. The summed E-state index contributed by atoms with van der Waals surface area (Å²) in [5.41, 5.74) is 3.82. The highest BCUT2D eigenvalue weighted by Gasteiger charge is 2.20. The number of nitro benzene ring substituents is 2. The zero-order valence-electron chi connectivity index (χ0n) is 16.9. The van der Waals surface area contributed by atoms with Gasteiger partial charge in [0.2, 0.25) is 0 Å². The minimum absolute atomic E-state index is 0.0426. The molecule has 0 aromatic heterocycles. The Labute approximate surface area is 182 Å². The number of aryl methyl sites for hydroxylation is 1. The fourth-order valence-electron chi connectivity index (χ4n) is 2.81. The summed E-state index contributed by atoms with van der Waals surface area (Å²) in [7, 11) is 0. The molecule has 0 saturated heterocycles. The number of hydrogen-bond acceptors (Lipinski definition) is 8. The maximum atomic E-state index is 12.4. The molecule has 3 aromatic rings. The Hall–Kier alpha value is -4.60. The van der Waals surface area contributed by atoms with Crippen LogP contribution in [0.25, 0.3) is 0 Å². The molecule has 0 bridgehead atoms. The minimum atomic E-state index is -0.745. The Morgan fingerprint density at radius 2 is 1.66 bits per heavy atom. The third kappa shape index (κ3) is 5.51. The van der Waals surface area contributed by atoms with Crippen LogP contribution in [0.2, 0.25) is 0 Å². The first-order chi connectivity index (χ1) is 15.3. The van der Waals surface area contributed by atoms with E-state index in [0.29, 0.717) is 16.8 Å². The van der Waals surface area contributed by atoms with Crippen LogP contribution in [0.4, 0.5) is 17.1 Å². The van der Waals surface area contributed by atoms with E-state index in [4.69, 9.17) is 4.74 Å². The highest BCUT2D eigenvalue weighted by Crippen LogP contribution is 2.29. The van der Waals surface area contributed by atoms with Gasteiger partial charge < -0.3 is 4.74 Å². The van der Waals surface area contributed by atoms with Gasteiger partial charge in [0.05, 0.1) is 21.5 Å². The highest BCUT2D eigenvalue weighted by atomic mass is 16.6. The Balaban J connectivity index is 1.86. The summed E-state index contributed by atoms with van der Waals surface area (Å²) in [6.07, 6.45) is 0. The molecule has 0 radical (unpaired) electrons. The van der Waals surface area contributed by atoms with Crippen molar-refractivity contribution in [3.05, 3.63) is 110 Å². The molecule has 162 valence electrons. The molecule has 0 fully saturated rings. The van der Waals surface area contributed by atoms with Gasteiger partial charge in [-0.25, -0.2) is 4.79 Å². The van der Waals surface area contributed by atoms with Crippen LogP contribution in [0.15, 0.2) is 77.9 Å². The van der Waals surface area contributed by atoms with Crippen LogP contribution < -0.4 is 5.43 Å². The number of rotatable bonds is 8. The van der Waals surface area contributed by atoms with Gasteiger partial charge in [0.15, 0.2) is 0 Å². The monoisotopic (exact) mass is 434 g/mol. The summed E-state index contributed by atoms with van der Waals surface area (Å²) in [6, 6.07) is 18.9. The van der Waals surface area contributed by atoms with Crippen molar-refractivity contribution in [2.75, 3.05) is 12.0 Å². The van der Waals surface area contributed by atoms with Crippen LogP contribution in [0, 0.1) is 27.2 Å². The number of carbonyl (C=O) groups is 1. The van der Waals surface area contributed by atoms with E-state index in [1.54, 1.807) is 48.5 Å². The lowest BCUT2D eigenvalue weighted by Gasteiger charge is -2.10. The van der Waals surface area contributed by atoms with Crippen LogP contribution in [0.3, 0.4) is 0 Å². The van der Waals surface area contributed by atoms with E-state index in [1.165, 1.54) is 6.07 Å². The van der Waals surface area contributed by atoms with Crippen molar-refractivity contribution in [1.29, 1.82) is 0 Å². The van der Waals surface area contributed by atoms with Crippen LogP contribution in [0.1, 0.15) is 21.5 Å². The molecule has 0 spiro atoms. The third-order valence-corrected chi connectivity index (χ3v) is 4.40. The Morgan fingerprint density at radius 1 is 0.938 bits per heavy atom. The number of benzene rings is 3. The van der Waals surface area contributed by atoms with Crippen molar-refractivity contribution in [2.45, 2.75) is 6.92 Å². The number of nitro groups is 2. The summed E-state index contributed by atoms with van der Waals surface area (Å²) >= 11 is 0. The number of hydrogen-bond donors (Lipinski definition) is 1. The Kier molecular flexibility index (Phi) is 6.86. The van der Waals surface area contributed by atoms with E-state index in [1.807, 2.05) is 13.0 Å². The molecule has 0 unspecified atom stereocenters. The predicted molar refractivity (Wildman–Crippen MR) is 118 cm³/mol. The van der Waals surface area contributed by atoms with Gasteiger partial charge in [-0.2, -0.15) is 5.10 Å². The van der Waals surface area contributed by atoms with Crippen LogP contribution in [-0.4, -0.2) is 28.1 Å². The molecular formula is C22H18N4O6. The van der Waals surface area contributed by atoms with Gasteiger partial charge >= 0.3 is 11.7 Å². The van der Waals surface area contributed by atoms with Crippen LogP contribution >= 0.6 is 0 Å². The SMILES string of the molecule is Cc1cccc(C(=O)OC/C(=N/Nc2ccc([N+](=O)[O-])cc2[N+](=O)[O-])c2ccccc2)c1. The Morgan fingerprint density at radius 3 is 2.31 bits per heavy atom. The number of anilines is 1. The molecule has 0 aliphatic rings. The molecule has 1 N–H and O–H groups in total. The summed E-state index contributed by atoms with van der Waals surface area (Å²) in [5, 5.41) is 26.4. The molecule has 0 atom stereocenters. The molecule has 3 rings (SSSR count).